The predicted octanol–water partition coefficient (Wildman–Crippen LogP) is 3.60. The fraction of sp³-hybridized carbons (Fsp3) is 0.889. The first-order chi connectivity index (χ1) is 5.58. The Bertz CT molecular complexity index is 177. The standard InChI is InChI=1S/C9H17NS2/c1-6(2)5-9-11-7(3)10-8(4)12-9/h6-7,9H,5H2,1-4H3/t7-,9+/m1/s1. The van der Waals surface area contributed by atoms with Crippen molar-refractivity contribution in [3.05, 3.63) is 0 Å². The second-order valence-electron chi connectivity index (χ2n) is 3.56. The molecule has 1 nitrogen and oxygen atoms in total. The van der Waals surface area contributed by atoms with Gasteiger partial charge in [-0.15, -0.1) is 11.8 Å². The Hall–Kier alpha value is 0.370. The summed E-state index contributed by atoms with van der Waals surface area (Å²) in [6, 6.07) is 0. The van der Waals surface area contributed by atoms with Crippen molar-refractivity contribution in [1.82, 2.24) is 0 Å². The lowest BCUT2D eigenvalue weighted by Crippen LogP contribution is -2.14. The van der Waals surface area contributed by atoms with Gasteiger partial charge in [-0.05, 0) is 26.2 Å². The molecule has 0 bridgehead atoms. The van der Waals surface area contributed by atoms with Gasteiger partial charge in [0.25, 0.3) is 0 Å². The Morgan fingerprint density at radius 2 is 2.17 bits per heavy atom. The van der Waals surface area contributed by atoms with Crippen molar-refractivity contribution in [3.63, 3.8) is 0 Å². The van der Waals surface area contributed by atoms with Gasteiger partial charge < -0.3 is 0 Å². The minimum atomic E-state index is 0.468. The van der Waals surface area contributed by atoms with Crippen LogP contribution in [0.1, 0.15) is 34.1 Å². The highest BCUT2D eigenvalue weighted by Crippen LogP contribution is 2.37. The molecule has 1 aliphatic heterocycles. The van der Waals surface area contributed by atoms with E-state index in [0.717, 1.165) is 10.5 Å². The number of hydrogen-bond acceptors (Lipinski definition) is 3. The maximum atomic E-state index is 4.48. The zero-order valence-electron chi connectivity index (χ0n) is 8.20. The third kappa shape index (κ3) is 3.40. The predicted molar refractivity (Wildman–Crippen MR) is 61.0 cm³/mol. The van der Waals surface area contributed by atoms with E-state index in [0.29, 0.717) is 5.37 Å². The normalized spacial score (nSPS) is 30.6. The van der Waals surface area contributed by atoms with Crippen molar-refractivity contribution in [2.75, 3.05) is 0 Å². The van der Waals surface area contributed by atoms with E-state index in [1.807, 2.05) is 23.5 Å². The Morgan fingerprint density at radius 3 is 2.67 bits per heavy atom. The minimum Gasteiger partial charge on any atom is -0.269 e. The van der Waals surface area contributed by atoms with Crippen molar-refractivity contribution < 1.29 is 0 Å². The van der Waals surface area contributed by atoms with E-state index in [1.165, 1.54) is 11.5 Å². The highest BCUT2D eigenvalue weighted by atomic mass is 32.2. The van der Waals surface area contributed by atoms with Crippen molar-refractivity contribution in [2.24, 2.45) is 10.9 Å². The molecule has 70 valence electrons. The van der Waals surface area contributed by atoms with Crippen LogP contribution in [-0.4, -0.2) is 15.0 Å². The highest BCUT2D eigenvalue weighted by Gasteiger charge is 2.20. The maximum absolute atomic E-state index is 4.48. The Kier molecular flexibility index (Phi) is 3.97. The molecule has 1 rings (SSSR count). The smallest absolute Gasteiger partial charge is 0.0943 e. The van der Waals surface area contributed by atoms with Gasteiger partial charge in [0.2, 0.25) is 0 Å². The van der Waals surface area contributed by atoms with Crippen LogP contribution in [0, 0.1) is 5.92 Å². The molecule has 12 heavy (non-hydrogen) atoms. The van der Waals surface area contributed by atoms with E-state index in [1.54, 1.807) is 0 Å². The highest BCUT2D eigenvalue weighted by molar-refractivity contribution is 8.25. The van der Waals surface area contributed by atoms with Crippen molar-refractivity contribution >= 4 is 28.6 Å². The first-order valence-electron chi connectivity index (χ1n) is 4.44. The van der Waals surface area contributed by atoms with Crippen molar-refractivity contribution in [1.29, 1.82) is 0 Å². The number of thioether (sulfide) groups is 2. The lowest BCUT2D eigenvalue weighted by atomic mass is 10.2. The fourth-order valence-electron chi connectivity index (χ4n) is 1.24. The van der Waals surface area contributed by atoms with Crippen LogP contribution in [0.5, 0.6) is 0 Å². The van der Waals surface area contributed by atoms with E-state index >= 15 is 0 Å². The van der Waals surface area contributed by atoms with Gasteiger partial charge in [-0.1, -0.05) is 25.6 Å². The van der Waals surface area contributed by atoms with Crippen LogP contribution in [0.4, 0.5) is 0 Å². The second kappa shape index (κ2) is 4.56. The third-order valence-corrected chi connectivity index (χ3v) is 4.20. The number of hydrogen-bond donors (Lipinski definition) is 0. The van der Waals surface area contributed by atoms with Gasteiger partial charge in [-0.25, -0.2) is 0 Å². The lowest BCUT2D eigenvalue weighted by molar-refractivity contribution is 0.619. The van der Waals surface area contributed by atoms with Gasteiger partial charge >= 0.3 is 0 Å². The van der Waals surface area contributed by atoms with Crippen LogP contribution in [0.3, 0.4) is 0 Å². The summed E-state index contributed by atoms with van der Waals surface area (Å²) < 4.78 is 0.734. The zero-order chi connectivity index (χ0) is 9.14. The summed E-state index contributed by atoms with van der Waals surface area (Å²) in [7, 11) is 0. The summed E-state index contributed by atoms with van der Waals surface area (Å²) in [6.45, 7) is 8.87. The van der Waals surface area contributed by atoms with Crippen LogP contribution in [0.2, 0.25) is 0 Å². The average Bonchev–Trinajstić information content (AvgIpc) is 1.81. The molecule has 0 aromatic heterocycles. The first kappa shape index (κ1) is 10.5. The van der Waals surface area contributed by atoms with Gasteiger partial charge in [-0.3, -0.25) is 4.99 Å². The van der Waals surface area contributed by atoms with Crippen molar-refractivity contribution in [3.8, 4) is 0 Å². The fourth-order valence-corrected chi connectivity index (χ4v) is 4.67. The van der Waals surface area contributed by atoms with E-state index in [4.69, 9.17) is 0 Å². The molecule has 0 fully saturated rings. The Morgan fingerprint density at radius 1 is 1.50 bits per heavy atom. The second-order valence-corrected chi connectivity index (χ2v) is 6.78. The summed E-state index contributed by atoms with van der Waals surface area (Å²) in [6.07, 6.45) is 1.30. The Balaban J connectivity index is 2.44. The molecular formula is C9H17NS2. The van der Waals surface area contributed by atoms with Crippen molar-refractivity contribution in [2.45, 2.75) is 44.1 Å². The first-order valence-corrected chi connectivity index (χ1v) is 6.26. The summed E-state index contributed by atoms with van der Waals surface area (Å²) in [5.41, 5.74) is 0. The molecule has 0 aliphatic carbocycles. The maximum Gasteiger partial charge on any atom is 0.0943 e. The average molecular weight is 203 g/mol. The molecule has 0 saturated heterocycles. The third-order valence-electron chi connectivity index (χ3n) is 1.68. The molecule has 1 aliphatic rings. The summed E-state index contributed by atoms with van der Waals surface area (Å²) in [5.74, 6) is 0.799. The van der Waals surface area contributed by atoms with Crippen LogP contribution < -0.4 is 0 Å². The van der Waals surface area contributed by atoms with Crippen LogP contribution in [-0.2, 0) is 0 Å². The SMILES string of the molecule is CC1=N[C@@H](C)S[C@H](CC(C)C)S1. The number of aliphatic imine (C=N–C) groups is 1. The van der Waals surface area contributed by atoms with Gasteiger partial charge in [0.15, 0.2) is 0 Å². The molecule has 2 atom stereocenters. The van der Waals surface area contributed by atoms with E-state index in [-0.39, 0.29) is 0 Å². The lowest BCUT2D eigenvalue weighted by Gasteiger charge is -2.24. The molecule has 0 radical (unpaired) electrons. The molecule has 0 unspecified atom stereocenters. The number of nitrogens with zero attached hydrogens (tertiary/aromatic N) is 1. The topological polar surface area (TPSA) is 12.4 Å². The van der Waals surface area contributed by atoms with E-state index in [9.17, 15) is 0 Å². The molecule has 0 spiro atoms. The monoisotopic (exact) mass is 203 g/mol. The summed E-state index contributed by atoms with van der Waals surface area (Å²) in [5, 5.41) is 1.72. The van der Waals surface area contributed by atoms with Crippen LogP contribution >= 0.6 is 23.5 Å². The largest absolute Gasteiger partial charge is 0.269 e. The van der Waals surface area contributed by atoms with Crippen LogP contribution in [0.15, 0.2) is 4.99 Å². The molecule has 0 N–H and O–H groups in total. The number of rotatable bonds is 2. The molecule has 0 amide bonds. The molecule has 3 heteroatoms. The van der Waals surface area contributed by atoms with E-state index in [2.05, 4.69) is 32.7 Å². The van der Waals surface area contributed by atoms with Gasteiger partial charge in [0.05, 0.1) is 15.0 Å². The van der Waals surface area contributed by atoms with Gasteiger partial charge in [-0.2, -0.15) is 0 Å². The summed E-state index contributed by atoms with van der Waals surface area (Å²) >= 11 is 3.93. The molecule has 0 saturated carbocycles. The zero-order valence-corrected chi connectivity index (χ0v) is 9.84. The molecule has 1 heterocycles. The minimum absolute atomic E-state index is 0.468. The Labute approximate surface area is 83.8 Å². The van der Waals surface area contributed by atoms with E-state index < -0.39 is 0 Å². The molecule has 0 aromatic carbocycles. The van der Waals surface area contributed by atoms with Gasteiger partial charge in [0.1, 0.15) is 0 Å². The summed E-state index contributed by atoms with van der Waals surface area (Å²) in [4.78, 5) is 4.48. The van der Waals surface area contributed by atoms with Gasteiger partial charge in [0, 0.05) is 0 Å². The molecular weight excluding hydrogens is 186 g/mol. The van der Waals surface area contributed by atoms with Crippen LogP contribution in [0.25, 0.3) is 0 Å². The quantitative estimate of drug-likeness (QED) is 0.680. The molecule has 0 aromatic rings.